The fourth-order valence-electron chi connectivity index (χ4n) is 1.06. The molecule has 1 amide bonds. The van der Waals surface area contributed by atoms with E-state index in [0.29, 0.717) is 10.8 Å². The maximum atomic E-state index is 11.6. The Bertz CT molecular complexity index is 350. The van der Waals surface area contributed by atoms with Crippen LogP contribution in [0.15, 0.2) is 12.3 Å². The number of rotatable bonds is 3. The molecule has 0 radical (unpaired) electrons. The number of nitrogens with zero attached hydrogens (tertiary/aromatic N) is 1. The second-order valence-electron chi connectivity index (χ2n) is 3.16. The Hall–Kier alpha value is -0.610. The van der Waals surface area contributed by atoms with E-state index in [1.807, 2.05) is 13.8 Å². The molecule has 3 nitrogen and oxygen atoms in total. The highest BCUT2D eigenvalue weighted by molar-refractivity contribution is 9.10. The number of pyridine rings is 1. The number of alkyl halides is 1. The number of amides is 1. The Morgan fingerprint density at radius 2 is 2.40 bits per heavy atom. The Morgan fingerprint density at radius 1 is 1.73 bits per heavy atom. The van der Waals surface area contributed by atoms with E-state index in [-0.39, 0.29) is 10.7 Å². The summed E-state index contributed by atoms with van der Waals surface area (Å²) < 4.78 is 0. The molecule has 0 aliphatic rings. The highest BCUT2D eigenvalue weighted by Crippen LogP contribution is 2.23. The Balaban J connectivity index is 2.85. The van der Waals surface area contributed by atoms with Gasteiger partial charge in [-0.25, -0.2) is 4.98 Å². The summed E-state index contributed by atoms with van der Waals surface area (Å²) in [6.45, 7) is 3.80. The lowest BCUT2D eigenvalue weighted by Crippen LogP contribution is -2.22. The molecule has 0 saturated carbocycles. The second kappa shape index (κ2) is 5.47. The molecule has 0 aromatic carbocycles. The molecule has 0 bridgehead atoms. The first-order valence-electron chi connectivity index (χ1n) is 4.62. The van der Waals surface area contributed by atoms with Crippen LogP contribution in [0.3, 0.4) is 0 Å². The number of anilines is 1. The molecule has 0 spiro atoms. The molecule has 1 heterocycles. The minimum Gasteiger partial charge on any atom is -0.322 e. The van der Waals surface area contributed by atoms with Gasteiger partial charge in [-0.05, 0) is 25.0 Å². The van der Waals surface area contributed by atoms with Gasteiger partial charge in [0.1, 0.15) is 0 Å². The lowest BCUT2D eigenvalue weighted by atomic mass is 10.2. The Labute approximate surface area is 102 Å². The van der Waals surface area contributed by atoms with Gasteiger partial charge < -0.3 is 5.32 Å². The maximum Gasteiger partial charge on any atom is 0.238 e. The molecule has 1 N–H and O–H groups in total. The second-order valence-corrected chi connectivity index (χ2v) is 4.62. The van der Waals surface area contributed by atoms with Crippen LogP contribution in [-0.2, 0) is 4.79 Å². The van der Waals surface area contributed by atoms with E-state index in [1.165, 1.54) is 0 Å². The zero-order valence-corrected chi connectivity index (χ0v) is 10.9. The fraction of sp³-hybridized carbons (Fsp3) is 0.400. The summed E-state index contributed by atoms with van der Waals surface area (Å²) in [5.74, 6) is -0.101. The van der Waals surface area contributed by atoms with Crippen LogP contribution in [0.2, 0.25) is 5.15 Å². The number of aromatic nitrogens is 1. The van der Waals surface area contributed by atoms with Crippen molar-refractivity contribution in [2.45, 2.75) is 25.1 Å². The molecule has 0 saturated heterocycles. The van der Waals surface area contributed by atoms with Crippen molar-refractivity contribution >= 4 is 39.1 Å². The van der Waals surface area contributed by atoms with E-state index in [0.717, 1.165) is 12.0 Å². The predicted molar refractivity (Wildman–Crippen MR) is 65.6 cm³/mol. The average molecular weight is 292 g/mol. The molecule has 5 heteroatoms. The topological polar surface area (TPSA) is 42.0 Å². The molecule has 0 aliphatic heterocycles. The molecule has 0 aliphatic carbocycles. The van der Waals surface area contributed by atoms with Crippen molar-refractivity contribution in [2.24, 2.45) is 0 Å². The van der Waals surface area contributed by atoms with Crippen molar-refractivity contribution in [1.29, 1.82) is 0 Å². The van der Waals surface area contributed by atoms with Crippen LogP contribution in [0.25, 0.3) is 0 Å². The third kappa shape index (κ3) is 3.18. The molecular weight excluding hydrogens is 279 g/mol. The van der Waals surface area contributed by atoms with Crippen molar-refractivity contribution in [3.05, 3.63) is 23.0 Å². The van der Waals surface area contributed by atoms with E-state index in [1.54, 1.807) is 12.3 Å². The fourth-order valence-corrected chi connectivity index (χ4v) is 1.43. The summed E-state index contributed by atoms with van der Waals surface area (Å²) in [5, 5.41) is 3.07. The van der Waals surface area contributed by atoms with Gasteiger partial charge in [0.15, 0.2) is 5.15 Å². The number of hydrogen-bond acceptors (Lipinski definition) is 2. The van der Waals surface area contributed by atoms with Crippen LogP contribution in [0.4, 0.5) is 5.69 Å². The minimum atomic E-state index is -0.201. The summed E-state index contributed by atoms with van der Waals surface area (Å²) in [4.78, 5) is 15.3. The molecule has 1 atom stereocenters. The van der Waals surface area contributed by atoms with Crippen LogP contribution < -0.4 is 5.32 Å². The smallest absolute Gasteiger partial charge is 0.238 e. The Morgan fingerprint density at radius 3 is 2.93 bits per heavy atom. The van der Waals surface area contributed by atoms with E-state index in [9.17, 15) is 4.79 Å². The predicted octanol–water partition coefficient (Wildman–Crippen LogP) is 3.16. The van der Waals surface area contributed by atoms with Crippen molar-refractivity contribution in [3.63, 3.8) is 0 Å². The van der Waals surface area contributed by atoms with Crippen LogP contribution >= 0.6 is 27.5 Å². The summed E-state index contributed by atoms with van der Waals surface area (Å²) in [7, 11) is 0. The quantitative estimate of drug-likeness (QED) is 0.686. The SMILES string of the molecule is CCC(Br)C(=O)Nc1c(C)ccnc1Cl. The molecule has 1 rings (SSSR count). The highest BCUT2D eigenvalue weighted by atomic mass is 79.9. The minimum absolute atomic E-state index is 0.101. The van der Waals surface area contributed by atoms with Gasteiger partial charge in [-0.15, -0.1) is 0 Å². The lowest BCUT2D eigenvalue weighted by Gasteiger charge is -2.11. The van der Waals surface area contributed by atoms with Crippen molar-refractivity contribution in [1.82, 2.24) is 4.98 Å². The van der Waals surface area contributed by atoms with E-state index in [4.69, 9.17) is 11.6 Å². The standard InChI is InChI=1S/C10H12BrClN2O/c1-3-7(11)10(15)14-8-6(2)4-5-13-9(8)12/h4-5,7H,3H2,1-2H3,(H,14,15). The third-order valence-electron chi connectivity index (χ3n) is 2.00. The van der Waals surface area contributed by atoms with E-state index in [2.05, 4.69) is 26.2 Å². The summed E-state index contributed by atoms with van der Waals surface area (Å²) in [6, 6.07) is 1.80. The van der Waals surface area contributed by atoms with E-state index < -0.39 is 0 Å². The van der Waals surface area contributed by atoms with Gasteiger partial charge in [0.25, 0.3) is 0 Å². The van der Waals surface area contributed by atoms with Gasteiger partial charge >= 0.3 is 0 Å². The zero-order chi connectivity index (χ0) is 11.4. The zero-order valence-electron chi connectivity index (χ0n) is 8.55. The van der Waals surface area contributed by atoms with Crippen LogP contribution in [-0.4, -0.2) is 15.7 Å². The lowest BCUT2D eigenvalue weighted by molar-refractivity contribution is -0.115. The normalized spacial score (nSPS) is 12.3. The first-order valence-corrected chi connectivity index (χ1v) is 5.91. The summed E-state index contributed by atoms with van der Waals surface area (Å²) in [5.41, 5.74) is 1.49. The average Bonchev–Trinajstić information content (AvgIpc) is 2.22. The molecule has 15 heavy (non-hydrogen) atoms. The number of aryl methyl sites for hydroxylation is 1. The monoisotopic (exact) mass is 290 g/mol. The van der Waals surface area contributed by atoms with Crippen molar-refractivity contribution in [2.75, 3.05) is 5.32 Å². The number of carbonyl (C=O) groups is 1. The van der Waals surface area contributed by atoms with Gasteiger partial charge in [0.2, 0.25) is 5.91 Å². The van der Waals surface area contributed by atoms with E-state index >= 15 is 0 Å². The maximum absolute atomic E-state index is 11.6. The number of hydrogen-bond donors (Lipinski definition) is 1. The van der Waals surface area contributed by atoms with Gasteiger partial charge in [-0.2, -0.15) is 0 Å². The van der Waals surface area contributed by atoms with Crippen LogP contribution in [0.5, 0.6) is 0 Å². The first-order chi connectivity index (χ1) is 7.06. The first kappa shape index (κ1) is 12.5. The highest BCUT2D eigenvalue weighted by Gasteiger charge is 2.15. The van der Waals surface area contributed by atoms with Crippen molar-refractivity contribution < 1.29 is 4.79 Å². The summed E-state index contributed by atoms with van der Waals surface area (Å²) >= 11 is 9.15. The number of halogens is 2. The third-order valence-corrected chi connectivity index (χ3v) is 3.35. The van der Waals surface area contributed by atoms with Crippen LogP contribution in [0, 0.1) is 6.92 Å². The van der Waals surface area contributed by atoms with Gasteiger partial charge in [-0.1, -0.05) is 34.5 Å². The molecule has 82 valence electrons. The summed E-state index contributed by atoms with van der Waals surface area (Å²) in [6.07, 6.45) is 2.33. The largest absolute Gasteiger partial charge is 0.322 e. The van der Waals surface area contributed by atoms with Gasteiger partial charge in [0, 0.05) is 6.20 Å². The van der Waals surface area contributed by atoms with Crippen molar-refractivity contribution in [3.8, 4) is 0 Å². The molecule has 1 unspecified atom stereocenters. The van der Waals surface area contributed by atoms with Gasteiger partial charge in [0.05, 0.1) is 10.5 Å². The molecular formula is C10H12BrClN2O. The van der Waals surface area contributed by atoms with Gasteiger partial charge in [-0.3, -0.25) is 4.79 Å². The Kier molecular flexibility index (Phi) is 4.54. The number of nitrogens with one attached hydrogen (secondary N) is 1. The van der Waals surface area contributed by atoms with Crippen LogP contribution in [0.1, 0.15) is 18.9 Å². The number of carbonyl (C=O) groups excluding carboxylic acids is 1. The molecule has 1 aromatic heterocycles. The molecule has 0 fully saturated rings. The molecule has 1 aromatic rings.